The summed E-state index contributed by atoms with van der Waals surface area (Å²) in [4.78, 5) is 2.44. The van der Waals surface area contributed by atoms with Gasteiger partial charge in [-0.25, -0.2) is 0 Å². The van der Waals surface area contributed by atoms with Crippen LogP contribution in [-0.2, 0) is 4.74 Å². The highest BCUT2D eigenvalue weighted by Crippen LogP contribution is 2.12. The van der Waals surface area contributed by atoms with Crippen molar-refractivity contribution < 1.29 is 9.84 Å². The van der Waals surface area contributed by atoms with Crippen molar-refractivity contribution in [3.8, 4) is 0 Å². The number of hydrogen-bond donors (Lipinski definition) is 2. The highest BCUT2D eigenvalue weighted by molar-refractivity contribution is 4.77. The molecule has 1 aliphatic heterocycles. The van der Waals surface area contributed by atoms with Crippen molar-refractivity contribution in [3.63, 3.8) is 0 Å². The molecule has 90 valence electrons. The summed E-state index contributed by atoms with van der Waals surface area (Å²) in [5.41, 5.74) is 5.60. The molecule has 2 atom stereocenters. The molecule has 0 spiro atoms. The first-order chi connectivity index (χ1) is 7.27. The van der Waals surface area contributed by atoms with Crippen LogP contribution in [0.3, 0.4) is 0 Å². The van der Waals surface area contributed by atoms with E-state index in [-0.39, 0.29) is 6.10 Å². The van der Waals surface area contributed by atoms with Crippen molar-refractivity contribution in [2.45, 2.75) is 38.3 Å². The second-order valence-electron chi connectivity index (χ2n) is 4.32. The maximum Gasteiger partial charge on any atom is 0.0824 e. The van der Waals surface area contributed by atoms with E-state index in [4.69, 9.17) is 15.6 Å². The van der Waals surface area contributed by atoms with E-state index in [2.05, 4.69) is 11.8 Å². The number of nitrogens with two attached hydrogens (primary N) is 1. The van der Waals surface area contributed by atoms with Gasteiger partial charge in [0.1, 0.15) is 0 Å². The molecule has 0 aromatic rings. The first kappa shape index (κ1) is 12.9. The van der Waals surface area contributed by atoms with Crippen LogP contribution in [0.25, 0.3) is 0 Å². The topological polar surface area (TPSA) is 58.7 Å². The van der Waals surface area contributed by atoms with Crippen molar-refractivity contribution in [2.24, 2.45) is 5.73 Å². The van der Waals surface area contributed by atoms with Crippen molar-refractivity contribution in [3.05, 3.63) is 0 Å². The van der Waals surface area contributed by atoms with Crippen LogP contribution in [-0.4, -0.2) is 55.0 Å². The summed E-state index contributed by atoms with van der Waals surface area (Å²) in [5, 5.41) is 8.69. The molecule has 1 aliphatic rings. The van der Waals surface area contributed by atoms with Crippen LogP contribution in [0.1, 0.15) is 26.2 Å². The second kappa shape index (κ2) is 7.17. The maximum atomic E-state index is 8.69. The van der Waals surface area contributed by atoms with Gasteiger partial charge in [0.05, 0.1) is 12.7 Å². The molecular formula is C11H24N2O2. The molecule has 0 amide bonds. The molecule has 0 aliphatic carbocycles. The molecular weight excluding hydrogens is 192 g/mol. The van der Waals surface area contributed by atoms with Gasteiger partial charge in [0.15, 0.2) is 0 Å². The van der Waals surface area contributed by atoms with E-state index in [1.807, 2.05) is 0 Å². The van der Waals surface area contributed by atoms with Gasteiger partial charge in [0, 0.05) is 25.7 Å². The van der Waals surface area contributed by atoms with Gasteiger partial charge in [-0.15, -0.1) is 0 Å². The lowest BCUT2D eigenvalue weighted by Gasteiger charge is -2.37. The molecule has 0 saturated carbocycles. The Morgan fingerprint density at radius 3 is 2.87 bits per heavy atom. The predicted molar refractivity (Wildman–Crippen MR) is 60.8 cm³/mol. The van der Waals surface area contributed by atoms with E-state index in [0.29, 0.717) is 19.2 Å². The zero-order valence-corrected chi connectivity index (χ0v) is 9.69. The fourth-order valence-corrected chi connectivity index (χ4v) is 1.93. The Balaban J connectivity index is 2.19. The quantitative estimate of drug-likeness (QED) is 0.623. The third kappa shape index (κ3) is 4.47. The minimum absolute atomic E-state index is 0.207. The van der Waals surface area contributed by atoms with Gasteiger partial charge in [-0.3, -0.25) is 4.90 Å². The van der Waals surface area contributed by atoms with Crippen molar-refractivity contribution in [1.29, 1.82) is 0 Å². The number of nitrogens with zero attached hydrogens (tertiary/aromatic N) is 1. The number of aliphatic hydroxyl groups is 1. The number of rotatable bonds is 6. The number of unbranched alkanes of at least 4 members (excludes halogenated alkanes) is 2. The Bertz CT molecular complexity index is 167. The van der Waals surface area contributed by atoms with Gasteiger partial charge in [0.2, 0.25) is 0 Å². The van der Waals surface area contributed by atoms with Crippen LogP contribution in [0.5, 0.6) is 0 Å². The summed E-state index contributed by atoms with van der Waals surface area (Å²) in [6.07, 6.45) is 3.38. The lowest BCUT2D eigenvalue weighted by atomic mass is 10.1. The smallest absolute Gasteiger partial charge is 0.0824 e. The maximum absolute atomic E-state index is 8.69. The number of ether oxygens (including phenoxy) is 1. The molecule has 4 nitrogen and oxygen atoms in total. The average molecular weight is 216 g/mol. The lowest BCUT2D eigenvalue weighted by Crippen LogP contribution is -2.50. The van der Waals surface area contributed by atoms with Crippen molar-refractivity contribution in [2.75, 3.05) is 32.8 Å². The first-order valence-corrected chi connectivity index (χ1v) is 5.94. The van der Waals surface area contributed by atoms with Gasteiger partial charge >= 0.3 is 0 Å². The molecule has 0 radical (unpaired) electrons. The van der Waals surface area contributed by atoms with E-state index in [0.717, 1.165) is 39.0 Å². The Morgan fingerprint density at radius 1 is 1.40 bits per heavy atom. The average Bonchev–Trinajstić information content (AvgIpc) is 2.26. The molecule has 4 heteroatoms. The zero-order chi connectivity index (χ0) is 11.1. The van der Waals surface area contributed by atoms with Crippen LogP contribution in [0.2, 0.25) is 0 Å². The van der Waals surface area contributed by atoms with Crippen LogP contribution in [0.15, 0.2) is 0 Å². The number of morpholine rings is 1. The Hall–Kier alpha value is -0.160. The monoisotopic (exact) mass is 216 g/mol. The molecule has 1 saturated heterocycles. The largest absolute Gasteiger partial charge is 0.396 e. The fraction of sp³-hybridized carbons (Fsp3) is 1.00. The molecule has 3 N–H and O–H groups in total. The lowest BCUT2D eigenvalue weighted by molar-refractivity contribution is -0.0538. The van der Waals surface area contributed by atoms with Crippen LogP contribution >= 0.6 is 0 Å². The van der Waals surface area contributed by atoms with E-state index < -0.39 is 0 Å². The SMILES string of the molecule is CC1COC(CN)CN1CCCCCO. The zero-order valence-electron chi connectivity index (χ0n) is 9.69. The normalized spacial score (nSPS) is 28.2. The van der Waals surface area contributed by atoms with Crippen molar-refractivity contribution >= 4 is 0 Å². The second-order valence-corrected chi connectivity index (χ2v) is 4.32. The fourth-order valence-electron chi connectivity index (χ4n) is 1.93. The molecule has 2 unspecified atom stereocenters. The van der Waals surface area contributed by atoms with E-state index in [9.17, 15) is 0 Å². The summed E-state index contributed by atoms with van der Waals surface area (Å²) >= 11 is 0. The van der Waals surface area contributed by atoms with E-state index in [1.54, 1.807) is 0 Å². The Kier molecular flexibility index (Phi) is 6.17. The summed E-state index contributed by atoms with van der Waals surface area (Å²) in [7, 11) is 0. The number of aliphatic hydroxyl groups excluding tert-OH is 1. The van der Waals surface area contributed by atoms with E-state index in [1.165, 1.54) is 0 Å². The highest BCUT2D eigenvalue weighted by atomic mass is 16.5. The van der Waals surface area contributed by atoms with Gasteiger partial charge in [-0.05, 0) is 32.7 Å². The third-order valence-electron chi connectivity index (χ3n) is 3.00. The first-order valence-electron chi connectivity index (χ1n) is 5.94. The summed E-state index contributed by atoms with van der Waals surface area (Å²) in [6, 6.07) is 0.502. The Morgan fingerprint density at radius 2 is 2.20 bits per heavy atom. The molecule has 0 aromatic heterocycles. The summed E-state index contributed by atoms with van der Waals surface area (Å²) in [5.74, 6) is 0. The molecule has 1 rings (SSSR count). The summed E-state index contributed by atoms with van der Waals surface area (Å²) < 4.78 is 5.59. The van der Waals surface area contributed by atoms with Gasteiger partial charge < -0.3 is 15.6 Å². The minimum atomic E-state index is 0.207. The van der Waals surface area contributed by atoms with E-state index >= 15 is 0 Å². The molecule has 1 heterocycles. The molecule has 1 fully saturated rings. The minimum Gasteiger partial charge on any atom is -0.396 e. The number of hydrogen-bond acceptors (Lipinski definition) is 4. The standard InChI is InChI=1S/C11H24N2O2/c1-10-9-15-11(7-12)8-13(10)5-3-2-4-6-14/h10-11,14H,2-9,12H2,1H3. The van der Waals surface area contributed by atoms with Gasteiger partial charge in [-0.2, -0.15) is 0 Å². The molecule has 0 aromatic carbocycles. The van der Waals surface area contributed by atoms with Gasteiger partial charge in [-0.1, -0.05) is 0 Å². The van der Waals surface area contributed by atoms with Crippen molar-refractivity contribution in [1.82, 2.24) is 4.90 Å². The highest BCUT2D eigenvalue weighted by Gasteiger charge is 2.24. The third-order valence-corrected chi connectivity index (χ3v) is 3.00. The van der Waals surface area contributed by atoms with Crippen LogP contribution in [0.4, 0.5) is 0 Å². The molecule has 0 bridgehead atoms. The molecule has 15 heavy (non-hydrogen) atoms. The van der Waals surface area contributed by atoms with Gasteiger partial charge in [0.25, 0.3) is 0 Å². The van der Waals surface area contributed by atoms with Crippen LogP contribution in [0, 0.1) is 0 Å². The Labute approximate surface area is 92.4 Å². The predicted octanol–water partition coefficient (Wildman–Crippen LogP) is 0.197. The van der Waals surface area contributed by atoms with Crippen LogP contribution < -0.4 is 5.73 Å². The summed E-state index contributed by atoms with van der Waals surface area (Å²) in [6.45, 7) is 5.96.